The quantitative estimate of drug-likeness (QED) is 0.172. The highest BCUT2D eigenvalue weighted by Crippen LogP contribution is 2.43. The van der Waals surface area contributed by atoms with Crippen molar-refractivity contribution in [1.82, 2.24) is 4.57 Å². The Bertz CT molecular complexity index is 2870. The Hall–Kier alpha value is -6.90. The van der Waals surface area contributed by atoms with Crippen molar-refractivity contribution in [2.45, 2.75) is 0 Å². The minimum absolute atomic E-state index is 1.10. The minimum Gasteiger partial charge on any atom is -0.310 e. The largest absolute Gasteiger partial charge is 0.310 e. The minimum atomic E-state index is 1.10. The molecule has 0 N–H and O–H groups in total. The standard InChI is InChI=1S/C50H34N2/c1-3-13-35(14-4-1)36-23-26-39(27-24-36)51(49-34-33-42(37-15-5-2-6-16-37)44-19-9-10-20-45(44)49)40-28-30-41(31-29-40)52-48-22-12-11-21-46(48)47-32-25-38-17-7-8-18-43(38)50(47)52/h1-34H. The highest BCUT2D eigenvalue weighted by atomic mass is 15.1. The van der Waals surface area contributed by atoms with Gasteiger partial charge in [0.15, 0.2) is 0 Å². The van der Waals surface area contributed by atoms with Gasteiger partial charge in [-0.25, -0.2) is 0 Å². The molecule has 0 amide bonds. The molecule has 0 spiro atoms. The van der Waals surface area contributed by atoms with Crippen LogP contribution in [0.1, 0.15) is 0 Å². The molecule has 0 aliphatic rings. The fourth-order valence-corrected chi connectivity index (χ4v) is 7.96. The third kappa shape index (κ3) is 4.96. The van der Waals surface area contributed by atoms with E-state index >= 15 is 0 Å². The number of rotatable bonds is 6. The summed E-state index contributed by atoms with van der Waals surface area (Å²) in [6.07, 6.45) is 0. The van der Waals surface area contributed by atoms with Crippen LogP contribution in [0.4, 0.5) is 17.1 Å². The molecule has 52 heavy (non-hydrogen) atoms. The zero-order valence-corrected chi connectivity index (χ0v) is 28.5. The van der Waals surface area contributed by atoms with Gasteiger partial charge in [0.25, 0.3) is 0 Å². The first-order valence-electron chi connectivity index (χ1n) is 17.9. The van der Waals surface area contributed by atoms with E-state index in [0.29, 0.717) is 0 Å². The van der Waals surface area contributed by atoms with Gasteiger partial charge in [-0.05, 0) is 81.6 Å². The molecule has 0 unspecified atom stereocenters. The summed E-state index contributed by atoms with van der Waals surface area (Å²) < 4.78 is 2.43. The second kappa shape index (κ2) is 12.5. The number of aromatic nitrogens is 1. The van der Waals surface area contributed by atoms with Crippen molar-refractivity contribution in [2.24, 2.45) is 0 Å². The summed E-state index contributed by atoms with van der Waals surface area (Å²) in [4.78, 5) is 2.40. The van der Waals surface area contributed by atoms with E-state index in [2.05, 4.69) is 216 Å². The number of hydrogen-bond acceptors (Lipinski definition) is 1. The van der Waals surface area contributed by atoms with Crippen LogP contribution in [-0.2, 0) is 0 Å². The lowest BCUT2D eigenvalue weighted by molar-refractivity contribution is 1.18. The molecule has 0 aliphatic carbocycles. The molecule has 1 aromatic heterocycles. The lowest BCUT2D eigenvalue weighted by Crippen LogP contribution is -2.11. The molecule has 9 aromatic carbocycles. The van der Waals surface area contributed by atoms with E-state index in [9.17, 15) is 0 Å². The van der Waals surface area contributed by atoms with Crippen LogP contribution in [0.25, 0.3) is 71.3 Å². The van der Waals surface area contributed by atoms with E-state index in [0.717, 1.165) is 22.7 Å². The molecule has 0 fully saturated rings. The summed E-state index contributed by atoms with van der Waals surface area (Å²) in [5.74, 6) is 0. The fraction of sp³-hybridized carbons (Fsp3) is 0. The molecule has 0 radical (unpaired) electrons. The molecule has 2 heteroatoms. The molecule has 0 bridgehead atoms. The van der Waals surface area contributed by atoms with Crippen LogP contribution in [0.15, 0.2) is 206 Å². The highest BCUT2D eigenvalue weighted by Gasteiger charge is 2.19. The smallest absolute Gasteiger partial charge is 0.0619 e. The number of hydrogen-bond donors (Lipinski definition) is 0. The normalized spacial score (nSPS) is 11.5. The number of nitrogens with zero attached hydrogens (tertiary/aromatic N) is 2. The summed E-state index contributed by atoms with van der Waals surface area (Å²) in [5.41, 5.74) is 11.8. The van der Waals surface area contributed by atoms with Crippen LogP contribution in [0, 0.1) is 0 Å². The second-order valence-electron chi connectivity index (χ2n) is 13.3. The third-order valence-electron chi connectivity index (χ3n) is 10.4. The molecular weight excluding hydrogens is 629 g/mol. The van der Waals surface area contributed by atoms with Crippen LogP contribution in [0.2, 0.25) is 0 Å². The van der Waals surface area contributed by atoms with Crippen LogP contribution >= 0.6 is 0 Å². The molecule has 10 aromatic rings. The molecule has 244 valence electrons. The molecule has 0 saturated carbocycles. The van der Waals surface area contributed by atoms with Crippen molar-refractivity contribution in [3.05, 3.63) is 206 Å². The average Bonchev–Trinajstić information content (AvgIpc) is 3.57. The van der Waals surface area contributed by atoms with Crippen molar-refractivity contribution in [3.8, 4) is 27.9 Å². The summed E-state index contributed by atoms with van der Waals surface area (Å²) in [5, 5.41) is 7.46. The van der Waals surface area contributed by atoms with Crippen molar-refractivity contribution < 1.29 is 0 Å². The predicted octanol–water partition coefficient (Wildman–Crippen LogP) is 13.9. The van der Waals surface area contributed by atoms with Crippen molar-refractivity contribution in [2.75, 3.05) is 4.90 Å². The maximum Gasteiger partial charge on any atom is 0.0619 e. The Morgan fingerprint density at radius 2 is 0.885 bits per heavy atom. The molecule has 1 heterocycles. The average molecular weight is 663 g/mol. The molecule has 10 rings (SSSR count). The number of anilines is 3. The Balaban J connectivity index is 1.16. The SMILES string of the molecule is c1ccc(-c2ccc(N(c3ccc(-n4c5ccccc5c5ccc6ccccc6c54)cc3)c3ccc(-c4ccccc4)c4ccccc34)cc2)cc1. The van der Waals surface area contributed by atoms with Gasteiger partial charge in [-0.15, -0.1) is 0 Å². The predicted molar refractivity (Wildman–Crippen MR) is 221 cm³/mol. The van der Waals surface area contributed by atoms with Gasteiger partial charge in [0.05, 0.1) is 16.7 Å². The van der Waals surface area contributed by atoms with Gasteiger partial charge in [0, 0.05) is 38.6 Å². The lowest BCUT2D eigenvalue weighted by atomic mass is 9.96. The number of benzene rings is 9. The van der Waals surface area contributed by atoms with E-state index in [4.69, 9.17) is 0 Å². The van der Waals surface area contributed by atoms with Crippen LogP contribution in [-0.4, -0.2) is 4.57 Å². The third-order valence-corrected chi connectivity index (χ3v) is 10.4. The van der Waals surface area contributed by atoms with Gasteiger partial charge >= 0.3 is 0 Å². The van der Waals surface area contributed by atoms with E-state index in [1.54, 1.807) is 0 Å². The topological polar surface area (TPSA) is 8.17 Å². The first-order valence-corrected chi connectivity index (χ1v) is 17.9. The van der Waals surface area contributed by atoms with Crippen LogP contribution in [0.5, 0.6) is 0 Å². The molecule has 0 saturated heterocycles. The van der Waals surface area contributed by atoms with E-state index in [-0.39, 0.29) is 0 Å². The van der Waals surface area contributed by atoms with Gasteiger partial charge in [0.1, 0.15) is 0 Å². The molecular formula is C50H34N2. The van der Waals surface area contributed by atoms with Crippen LogP contribution < -0.4 is 4.90 Å². The lowest BCUT2D eigenvalue weighted by Gasteiger charge is -2.28. The summed E-state index contributed by atoms with van der Waals surface area (Å²) in [6, 6.07) is 74.6. The Morgan fingerprint density at radius 3 is 1.62 bits per heavy atom. The molecule has 0 aliphatic heterocycles. The highest BCUT2D eigenvalue weighted by molar-refractivity contribution is 6.18. The molecule has 2 nitrogen and oxygen atoms in total. The van der Waals surface area contributed by atoms with Crippen molar-refractivity contribution in [1.29, 1.82) is 0 Å². The van der Waals surface area contributed by atoms with Crippen LogP contribution in [0.3, 0.4) is 0 Å². The van der Waals surface area contributed by atoms with Gasteiger partial charge in [-0.1, -0.05) is 158 Å². The Labute approximate surface area is 303 Å². The van der Waals surface area contributed by atoms with Crippen molar-refractivity contribution >= 4 is 60.4 Å². The van der Waals surface area contributed by atoms with E-state index < -0.39 is 0 Å². The Kier molecular flexibility index (Phi) is 7.18. The maximum absolute atomic E-state index is 2.43. The monoisotopic (exact) mass is 662 g/mol. The summed E-state index contributed by atoms with van der Waals surface area (Å²) >= 11 is 0. The zero-order chi connectivity index (χ0) is 34.4. The first-order chi connectivity index (χ1) is 25.8. The maximum atomic E-state index is 2.43. The van der Waals surface area contributed by atoms with Gasteiger partial charge < -0.3 is 9.47 Å². The van der Waals surface area contributed by atoms with Gasteiger partial charge in [0.2, 0.25) is 0 Å². The number of fused-ring (bicyclic) bond motifs is 6. The van der Waals surface area contributed by atoms with Gasteiger partial charge in [-0.3, -0.25) is 0 Å². The first kappa shape index (κ1) is 30.0. The Morgan fingerprint density at radius 1 is 0.327 bits per heavy atom. The van der Waals surface area contributed by atoms with Crippen molar-refractivity contribution in [3.63, 3.8) is 0 Å². The zero-order valence-electron chi connectivity index (χ0n) is 28.5. The molecule has 0 atom stereocenters. The van der Waals surface area contributed by atoms with E-state index in [1.165, 1.54) is 65.6 Å². The van der Waals surface area contributed by atoms with E-state index in [1.807, 2.05) is 0 Å². The summed E-state index contributed by atoms with van der Waals surface area (Å²) in [7, 11) is 0. The van der Waals surface area contributed by atoms with Gasteiger partial charge in [-0.2, -0.15) is 0 Å². The summed E-state index contributed by atoms with van der Waals surface area (Å²) in [6.45, 7) is 0. The second-order valence-corrected chi connectivity index (χ2v) is 13.3. The fourth-order valence-electron chi connectivity index (χ4n) is 7.96. The number of para-hydroxylation sites is 1.